The molecular formula is C10H7FN2O. The summed E-state index contributed by atoms with van der Waals surface area (Å²) in [4.78, 5) is 7.72. The van der Waals surface area contributed by atoms with Crippen molar-refractivity contribution in [2.75, 3.05) is 0 Å². The van der Waals surface area contributed by atoms with Gasteiger partial charge in [-0.25, -0.2) is 14.4 Å². The predicted octanol–water partition coefficient (Wildman–Crippen LogP) is 1.99. The Bertz CT molecular complexity index is 442. The van der Waals surface area contributed by atoms with E-state index in [1.807, 2.05) is 0 Å². The summed E-state index contributed by atoms with van der Waals surface area (Å²) in [5.74, 6) is 0.0478. The van der Waals surface area contributed by atoms with E-state index >= 15 is 0 Å². The maximum absolute atomic E-state index is 12.8. The van der Waals surface area contributed by atoms with E-state index in [4.69, 9.17) is 5.11 Å². The molecule has 70 valence electrons. The Kier molecular flexibility index (Phi) is 2.10. The normalized spacial score (nSPS) is 10.1. The molecule has 2 aromatic rings. The molecule has 1 N–H and O–H groups in total. The van der Waals surface area contributed by atoms with E-state index in [0.717, 1.165) is 0 Å². The maximum Gasteiger partial charge on any atom is 0.159 e. The lowest BCUT2D eigenvalue weighted by Gasteiger charge is -1.99. The van der Waals surface area contributed by atoms with Crippen LogP contribution in [0.25, 0.3) is 11.4 Å². The van der Waals surface area contributed by atoms with Gasteiger partial charge >= 0.3 is 0 Å². The summed E-state index contributed by atoms with van der Waals surface area (Å²) in [6.07, 6.45) is 2.54. The molecule has 0 amide bonds. The molecule has 0 spiro atoms. The first-order valence-corrected chi connectivity index (χ1v) is 4.02. The van der Waals surface area contributed by atoms with Crippen LogP contribution in [0.4, 0.5) is 4.39 Å². The predicted molar refractivity (Wildman–Crippen MR) is 49.1 cm³/mol. The van der Waals surface area contributed by atoms with Gasteiger partial charge in [0.05, 0.1) is 12.4 Å². The summed E-state index contributed by atoms with van der Waals surface area (Å²) in [6.45, 7) is 0. The minimum absolute atomic E-state index is 0.00912. The number of aromatic hydroxyl groups is 1. The molecule has 1 heterocycles. The second kappa shape index (κ2) is 3.41. The number of benzene rings is 1. The maximum atomic E-state index is 12.8. The molecule has 0 aliphatic rings. The van der Waals surface area contributed by atoms with Gasteiger partial charge in [0, 0.05) is 5.56 Å². The van der Waals surface area contributed by atoms with Crippen molar-refractivity contribution in [1.29, 1.82) is 0 Å². The van der Waals surface area contributed by atoms with Crippen LogP contribution in [0.5, 0.6) is 5.75 Å². The van der Waals surface area contributed by atoms with E-state index < -0.39 is 0 Å². The summed E-state index contributed by atoms with van der Waals surface area (Å²) in [5, 5.41) is 8.96. The van der Waals surface area contributed by atoms with E-state index in [1.165, 1.54) is 24.5 Å². The molecule has 4 heteroatoms. The summed E-state index contributed by atoms with van der Waals surface area (Å²) >= 11 is 0. The average Bonchev–Trinajstić information content (AvgIpc) is 2.19. The summed E-state index contributed by atoms with van der Waals surface area (Å²) in [6, 6.07) is 5.98. The Hall–Kier alpha value is -1.97. The zero-order chi connectivity index (χ0) is 9.97. The highest BCUT2D eigenvalue weighted by molar-refractivity contribution is 5.54. The van der Waals surface area contributed by atoms with E-state index in [2.05, 4.69) is 9.97 Å². The molecule has 0 fully saturated rings. The van der Waals surface area contributed by atoms with E-state index in [0.29, 0.717) is 11.4 Å². The summed E-state index contributed by atoms with van der Waals surface area (Å²) in [5.41, 5.74) is 0.588. The third-order valence-corrected chi connectivity index (χ3v) is 1.72. The van der Waals surface area contributed by atoms with Gasteiger partial charge in [-0.15, -0.1) is 0 Å². The van der Waals surface area contributed by atoms with Crippen LogP contribution < -0.4 is 0 Å². The van der Waals surface area contributed by atoms with Crippen LogP contribution in [0.3, 0.4) is 0 Å². The first-order valence-electron chi connectivity index (χ1n) is 4.02. The lowest BCUT2D eigenvalue weighted by Crippen LogP contribution is -1.87. The fraction of sp³-hybridized carbons (Fsp3) is 0. The van der Waals surface area contributed by atoms with Crippen LogP contribution in [-0.4, -0.2) is 15.1 Å². The molecular weight excluding hydrogens is 183 g/mol. The van der Waals surface area contributed by atoms with Crippen molar-refractivity contribution in [2.24, 2.45) is 0 Å². The SMILES string of the molecule is Oc1cnc(-c2cccc(F)c2)nc1. The lowest BCUT2D eigenvalue weighted by molar-refractivity contribution is 0.470. The number of aromatic nitrogens is 2. The monoisotopic (exact) mass is 190 g/mol. The molecule has 1 aromatic carbocycles. The zero-order valence-electron chi connectivity index (χ0n) is 7.18. The average molecular weight is 190 g/mol. The van der Waals surface area contributed by atoms with E-state index in [-0.39, 0.29) is 11.6 Å². The van der Waals surface area contributed by atoms with Gasteiger partial charge < -0.3 is 5.11 Å². The van der Waals surface area contributed by atoms with Gasteiger partial charge in [-0.2, -0.15) is 0 Å². The number of hydrogen-bond donors (Lipinski definition) is 1. The van der Waals surface area contributed by atoms with Gasteiger partial charge in [-0.3, -0.25) is 0 Å². The smallest absolute Gasteiger partial charge is 0.159 e. The van der Waals surface area contributed by atoms with Gasteiger partial charge in [0.2, 0.25) is 0 Å². The first-order chi connectivity index (χ1) is 6.75. The van der Waals surface area contributed by atoms with Gasteiger partial charge in [0.25, 0.3) is 0 Å². The van der Waals surface area contributed by atoms with Crippen molar-refractivity contribution in [2.45, 2.75) is 0 Å². The molecule has 0 aliphatic carbocycles. The van der Waals surface area contributed by atoms with E-state index in [9.17, 15) is 4.39 Å². The lowest BCUT2D eigenvalue weighted by atomic mass is 10.2. The van der Waals surface area contributed by atoms with E-state index in [1.54, 1.807) is 12.1 Å². The zero-order valence-corrected chi connectivity index (χ0v) is 7.18. The third kappa shape index (κ3) is 1.69. The van der Waals surface area contributed by atoms with Crippen LogP contribution in [-0.2, 0) is 0 Å². The minimum Gasteiger partial charge on any atom is -0.505 e. The van der Waals surface area contributed by atoms with Gasteiger partial charge in [-0.1, -0.05) is 12.1 Å². The molecule has 0 aliphatic heterocycles. The van der Waals surface area contributed by atoms with Crippen molar-refractivity contribution in [3.05, 3.63) is 42.5 Å². The van der Waals surface area contributed by atoms with Crippen LogP contribution in [0.15, 0.2) is 36.7 Å². The van der Waals surface area contributed by atoms with Gasteiger partial charge in [0.15, 0.2) is 11.6 Å². The van der Waals surface area contributed by atoms with Crippen LogP contribution in [0, 0.1) is 5.82 Å². The Morgan fingerprint density at radius 2 is 1.86 bits per heavy atom. The highest BCUT2D eigenvalue weighted by Gasteiger charge is 2.01. The fourth-order valence-electron chi connectivity index (χ4n) is 1.10. The number of halogens is 1. The first kappa shape index (κ1) is 8.62. The van der Waals surface area contributed by atoms with Crippen LogP contribution >= 0.6 is 0 Å². The highest BCUT2D eigenvalue weighted by Crippen LogP contribution is 2.16. The number of nitrogens with zero attached hydrogens (tertiary/aromatic N) is 2. The highest BCUT2D eigenvalue weighted by atomic mass is 19.1. The third-order valence-electron chi connectivity index (χ3n) is 1.72. The second-order valence-corrected chi connectivity index (χ2v) is 2.78. The molecule has 3 nitrogen and oxygen atoms in total. The van der Waals surface area contributed by atoms with Crippen LogP contribution in [0.1, 0.15) is 0 Å². The number of rotatable bonds is 1. The van der Waals surface area contributed by atoms with Crippen LogP contribution in [0.2, 0.25) is 0 Å². The molecule has 0 saturated carbocycles. The molecule has 1 aromatic heterocycles. The molecule has 14 heavy (non-hydrogen) atoms. The molecule has 0 radical (unpaired) electrons. The molecule has 0 unspecified atom stereocenters. The number of hydrogen-bond acceptors (Lipinski definition) is 3. The topological polar surface area (TPSA) is 46.0 Å². The van der Waals surface area contributed by atoms with Crippen molar-refractivity contribution in [3.8, 4) is 17.1 Å². The van der Waals surface area contributed by atoms with Crippen molar-refractivity contribution in [1.82, 2.24) is 9.97 Å². The Morgan fingerprint density at radius 1 is 1.14 bits per heavy atom. The van der Waals surface area contributed by atoms with Crippen molar-refractivity contribution >= 4 is 0 Å². The fourth-order valence-corrected chi connectivity index (χ4v) is 1.10. The largest absolute Gasteiger partial charge is 0.505 e. The van der Waals surface area contributed by atoms with Crippen molar-refractivity contribution < 1.29 is 9.50 Å². The standard InChI is InChI=1S/C10H7FN2O/c11-8-3-1-2-7(4-8)10-12-5-9(14)6-13-10/h1-6,14H. The summed E-state index contributed by atoms with van der Waals surface area (Å²) < 4.78 is 12.8. The Morgan fingerprint density at radius 3 is 2.50 bits per heavy atom. The summed E-state index contributed by atoms with van der Waals surface area (Å²) in [7, 11) is 0. The Balaban J connectivity index is 2.44. The Labute approximate surface area is 79.9 Å². The molecule has 0 saturated heterocycles. The minimum atomic E-state index is -0.334. The van der Waals surface area contributed by atoms with Gasteiger partial charge in [-0.05, 0) is 12.1 Å². The second-order valence-electron chi connectivity index (χ2n) is 2.78. The molecule has 2 rings (SSSR count). The molecule has 0 bridgehead atoms. The quantitative estimate of drug-likeness (QED) is 0.747. The van der Waals surface area contributed by atoms with Gasteiger partial charge in [0.1, 0.15) is 5.82 Å². The molecule has 0 atom stereocenters. The van der Waals surface area contributed by atoms with Crippen molar-refractivity contribution in [3.63, 3.8) is 0 Å².